The predicted octanol–water partition coefficient (Wildman–Crippen LogP) is 4.66. The molecule has 0 aliphatic heterocycles. The molecule has 4 heteroatoms. The van der Waals surface area contributed by atoms with E-state index >= 15 is 0 Å². The fourth-order valence-electron chi connectivity index (χ4n) is 2.36. The highest BCUT2D eigenvalue weighted by atomic mass is 79.9. The molecule has 0 radical (unpaired) electrons. The van der Waals surface area contributed by atoms with Gasteiger partial charge in [0, 0.05) is 15.0 Å². The minimum Gasteiger partial charge on any atom is -0.349 e. The van der Waals surface area contributed by atoms with Gasteiger partial charge in [0.25, 0.3) is 5.91 Å². The average Bonchev–Trinajstić information content (AvgIpc) is 2.61. The average molecular weight is 375 g/mol. The van der Waals surface area contributed by atoms with E-state index in [2.05, 4.69) is 37.2 Å². The maximum Gasteiger partial charge on any atom is 0.252 e. The van der Waals surface area contributed by atoms with Crippen LogP contribution in [0.1, 0.15) is 48.9 Å². The van der Waals surface area contributed by atoms with Crippen LogP contribution >= 0.6 is 31.9 Å². The third kappa shape index (κ3) is 3.82. The van der Waals surface area contributed by atoms with Gasteiger partial charge in [-0.1, -0.05) is 41.6 Å². The fraction of sp³-hybridized carbons (Fsp3) is 0.500. The van der Waals surface area contributed by atoms with Crippen LogP contribution in [0.25, 0.3) is 0 Å². The number of rotatable bonds is 2. The number of hydrogen-bond acceptors (Lipinski definition) is 1. The first-order chi connectivity index (χ1) is 8.66. The van der Waals surface area contributed by atoms with Crippen molar-refractivity contribution in [2.24, 2.45) is 0 Å². The third-order valence-electron chi connectivity index (χ3n) is 3.36. The summed E-state index contributed by atoms with van der Waals surface area (Å²) in [5.41, 5.74) is 0.702. The van der Waals surface area contributed by atoms with E-state index in [9.17, 15) is 4.79 Å². The molecular weight excluding hydrogens is 358 g/mol. The van der Waals surface area contributed by atoms with Gasteiger partial charge in [-0.05, 0) is 47.0 Å². The van der Waals surface area contributed by atoms with Crippen molar-refractivity contribution >= 4 is 37.8 Å². The van der Waals surface area contributed by atoms with Gasteiger partial charge in [-0.2, -0.15) is 0 Å². The van der Waals surface area contributed by atoms with Crippen molar-refractivity contribution in [2.45, 2.75) is 44.6 Å². The summed E-state index contributed by atoms with van der Waals surface area (Å²) in [7, 11) is 0. The first kappa shape index (κ1) is 14.1. The molecule has 0 spiro atoms. The highest BCUT2D eigenvalue weighted by Crippen LogP contribution is 2.23. The quantitative estimate of drug-likeness (QED) is 0.749. The van der Waals surface area contributed by atoms with Gasteiger partial charge in [0.15, 0.2) is 0 Å². The smallest absolute Gasteiger partial charge is 0.252 e. The lowest BCUT2D eigenvalue weighted by Gasteiger charge is -2.16. The Balaban J connectivity index is 2.04. The highest BCUT2D eigenvalue weighted by Gasteiger charge is 2.17. The molecule has 1 saturated carbocycles. The molecule has 0 aromatic heterocycles. The standard InChI is InChI=1S/C14H17Br2NO/c15-10-7-8-13(16)12(9-10)14(18)17-11-5-3-1-2-4-6-11/h7-9,11H,1-6H2,(H,17,18). The molecule has 1 aromatic rings. The van der Waals surface area contributed by atoms with E-state index in [-0.39, 0.29) is 5.91 Å². The molecule has 0 bridgehead atoms. The zero-order valence-corrected chi connectivity index (χ0v) is 13.4. The molecule has 1 aliphatic rings. The maximum atomic E-state index is 12.2. The summed E-state index contributed by atoms with van der Waals surface area (Å²) in [6, 6.07) is 6.01. The van der Waals surface area contributed by atoms with Gasteiger partial charge >= 0.3 is 0 Å². The van der Waals surface area contributed by atoms with E-state index < -0.39 is 0 Å². The van der Waals surface area contributed by atoms with Crippen LogP contribution in [0.5, 0.6) is 0 Å². The summed E-state index contributed by atoms with van der Waals surface area (Å²) < 4.78 is 1.77. The van der Waals surface area contributed by atoms with Gasteiger partial charge in [-0.15, -0.1) is 0 Å². The number of amides is 1. The van der Waals surface area contributed by atoms with Gasteiger partial charge in [-0.25, -0.2) is 0 Å². The molecule has 1 amide bonds. The fourth-order valence-corrected chi connectivity index (χ4v) is 3.15. The number of benzene rings is 1. The lowest BCUT2D eigenvalue weighted by Crippen LogP contribution is -2.34. The molecule has 1 fully saturated rings. The van der Waals surface area contributed by atoms with E-state index in [1.165, 1.54) is 25.7 Å². The maximum absolute atomic E-state index is 12.2. The third-order valence-corrected chi connectivity index (χ3v) is 4.55. The first-order valence-corrected chi connectivity index (χ1v) is 8.01. The predicted molar refractivity (Wildman–Crippen MR) is 80.8 cm³/mol. The van der Waals surface area contributed by atoms with Crippen molar-refractivity contribution in [3.05, 3.63) is 32.7 Å². The Kier molecular flexibility index (Phi) is 5.25. The number of carbonyl (C=O) groups is 1. The number of hydrogen-bond donors (Lipinski definition) is 1. The number of nitrogens with one attached hydrogen (secondary N) is 1. The second-order valence-electron chi connectivity index (χ2n) is 4.79. The van der Waals surface area contributed by atoms with Gasteiger partial charge in [0.05, 0.1) is 5.56 Å². The Morgan fingerprint density at radius 2 is 1.78 bits per heavy atom. The van der Waals surface area contributed by atoms with Crippen LogP contribution in [-0.2, 0) is 0 Å². The molecule has 0 unspecified atom stereocenters. The molecular formula is C14H17Br2NO. The second-order valence-corrected chi connectivity index (χ2v) is 6.56. The van der Waals surface area contributed by atoms with Crippen LogP contribution in [-0.4, -0.2) is 11.9 Å². The summed E-state index contributed by atoms with van der Waals surface area (Å²) in [5.74, 6) is 0.0232. The topological polar surface area (TPSA) is 29.1 Å². The summed E-state index contributed by atoms with van der Waals surface area (Å²) in [5, 5.41) is 3.15. The minimum absolute atomic E-state index is 0.0232. The van der Waals surface area contributed by atoms with Crippen molar-refractivity contribution in [1.82, 2.24) is 5.32 Å². The first-order valence-electron chi connectivity index (χ1n) is 6.43. The summed E-state index contributed by atoms with van der Waals surface area (Å²) in [4.78, 5) is 12.2. The van der Waals surface area contributed by atoms with E-state index in [1.54, 1.807) is 0 Å². The monoisotopic (exact) mass is 373 g/mol. The van der Waals surface area contributed by atoms with Crippen LogP contribution in [0.15, 0.2) is 27.1 Å². The normalized spacial score (nSPS) is 17.2. The number of halogens is 2. The van der Waals surface area contributed by atoms with Gasteiger partial charge in [-0.3, -0.25) is 4.79 Å². The molecule has 2 nitrogen and oxygen atoms in total. The van der Waals surface area contributed by atoms with Crippen molar-refractivity contribution in [3.8, 4) is 0 Å². The van der Waals surface area contributed by atoms with E-state index in [1.807, 2.05) is 18.2 Å². The Labute approximate surface area is 125 Å². The molecule has 1 aliphatic carbocycles. The zero-order chi connectivity index (χ0) is 13.0. The lowest BCUT2D eigenvalue weighted by atomic mass is 10.1. The molecule has 2 rings (SSSR count). The van der Waals surface area contributed by atoms with Crippen LogP contribution in [0.2, 0.25) is 0 Å². The van der Waals surface area contributed by atoms with Crippen LogP contribution in [0.3, 0.4) is 0 Å². The van der Waals surface area contributed by atoms with Gasteiger partial charge in [0.1, 0.15) is 0 Å². The Bertz CT molecular complexity index is 426. The molecule has 18 heavy (non-hydrogen) atoms. The Morgan fingerprint density at radius 1 is 1.11 bits per heavy atom. The van der Waals surface area contributed by atoms with E-state index in [4.69, 9.17) is 0 Å². The van der Waals surface area contributed by atoms with Crippen molar-refractivity contribution in [1.29, 1.82) is 0 Å². The van der Waals surface area contributed by atoms with Crippen LogP contribution in [0.4, 0.5) is 0 Å². The molecule has 1 N–H and O–H groups in total. The van der Waals surface area contributed by atoms with Gasteiger partial charge < -0.3 is 5.32 Å². The second kappa shape index (κ2) is 6.71. The van der Waals surface area contributed by atoms with Crippen LogP contribution < -0.4 is 5.32 Å². The Hall–Kier alpha value is -0.350. The summed E-state index contributed by atoms with van der Waals surface area (Å²) in [6.45, 7) is 0. The molecule has 1 aromatic carbocycles. The zero-order valence-electron chi connectivity index (χ0n) is 10.2. The highest BCUT2D eigenvalue weighted by molar-refractivity contribution is 9.11. The van der Waals surface area contributed by atoms with E-state index in [0.29, 0.717) is 11.6 Å². The summed E-state index contributed by atoms with van der Waals surface area (Å²) >= 11 is 6.83. The van der Waals surface area contributed by atoms with Gasteiger partial charge in [0.2, 0.25) is 0 Å². The summed E-state index contributed by atoms with van der Waals surface area (Å²) in [6.07, 6.45) is 7.27. The molecule has 0 saturated heterocycles. The Morgan fingerprint density at radius 3 is 2.44 bits per heavy atom. The minimum atomic E-state index is 0.0232. The van der Waals surface area contributed by atoms with Crippen molar-refractivity contribution in [3.63, 3.8) is 0 Å². The van der Waals surface area contributed by atoms with Crippen molar-refractivity contribution in [2.75, 3.05) is 0 Å². The largest absolute Gasteiger partial charge is 0.349 e. The van der Waals surface area contributed by atoms with Crippen molar-refractivity contribution < 1.29 is 4.79 Å². The molecule has 98 valence electrons. The van der Waals surface area contributed by atoms with Crippen LogP contribution in [0, 0.1) is 0 Å². The number of carbonyl (C=O) groups excluding carboxylic acids is 1. The lowest BCUT2D eigenvalue weighted by molar-refractivity contribution is 0.0932. The SMILES string of the molecule is O=C(NC1CCCCCC1)c1cc(Br)ccc1Br. The van der Waals surface area contributed by atoms with E-state index in [0.717, 1.165) is 21.8 Å². The molecule has 0 atom stereocenters. The molecule has 0 heterocycles.